The highest BCUT2D eigenvalue weighted by Gasteiger charge is 2.42. The highest BCUT2D eigenvalue weighted by molar-refractivity contribution is 5.49. The lowest BCUT2D eigenvalue weighted by molar-refractivity contribution is -0.0944. The van der Waals surface area contributed by atoms with Gasteiger partial charge in [0.25, 0.3) is 0 Å². The molecule has 234 valence electrons. The molecule has 3 atom stereocenters. The fourth-order valence-corrected chi connectivity index (χ4v) is 5.54. The lowest BCUT2D eigenvalue weighted by Gasteiger charge is -2.37. The number of ether oxygens (including phenoxy) is 4. The van der Waals surface area contributed by atoms with Crippen molar-refractivity contribution in [1.82, 2.24) is 9.55 Å². The zero-order chi connectivity index (χ0) is 31.8. The second kappa shape index (κ2) is 14.3. The van der Waals surface area contributed by atoms with Crippen molar-refractivity contribution >= 4 is 5.82 Å². The summed E-state index contributed by atoms with van der Waals surface area (Å²) >= 11 is 0. The Morgan fingerprint density at radius 3 is 2.20 bits per heavy atom. The lowest BCUT2D eigenvalue weighted by Crippen LogP contribution is -2.38. The number of hydrogen-bond donors (Lipinski definition) is 2. The second-order valence-corrected chi connectivity index (χ2v) is 10.6. The van der Waals surface area contributed by atoms with E-state index >= 15 is 0 Å². The first kappa shape index (κ1) is 31.6. The Bertz CT molecular complexity index is 1630. The van der Waals surface area contributed by atoms with Gasteiger partial charge >= 0.3 is 5.69 Å². The summed E-state index contributed by atoms with van der Waals surface area (Å²) in [6.07, 6.45) is -0.540. The van der Waals surface area contributed by atoms with Crippen LogP contribution in [0.5, 0.6) is 11.5 Å². The Morgan fingerprint density at radius 1 is 1.02 bits per heavy atom. The van der Waals surface area contributed by atoms with Crippen molar-refractivity contribution in [2.24, 2.45) is 5.11 Å². The number of nitrogens with zero attached hydrogens (tertiary/aromatic N) is 5. The molecular formula is C33H36N6O6. The zero-order valence-electron chi connectivity index (χ0n) is 25.4. The van der Waals surface area contributed by atoms with Gasteiger partial charge in [-0.3, -0.25) is 4.57 Å². The van der Waals surface area contributed by atoms with Crippen molar-refractivity contribution in [3.63, 3.8) is 0 Å². The van der Waals surface area contributed by atoms with Crippen LogP contribution in [0.25, 0.3) is 10.4 Å². The number of aryl methyl sites for hydroxylation is 1. The van der Waals surface area contributed by atoms with Crippen LogP contribution in [0.2, 0.25) is 0 Å². The smallest absolute Gasteiger partial charge is 0.351 e. The predicted molar refractivity (Wildman–Crippen MR) is 169 cm³/mol. The van der Waals surface area contributed by atoms with Crippen LogP contribution in [0, 0.1) is 6.92 Å². The van der Waals surface area contributed by atoms with Gasteiger partial charge in [0.15, 0.2) is 0 Å². The van der Waals surface area contributed by atoms with Crippen molar-refractivity contribution < 1.29 is 24.1 Å². The second-order valence-electron chi connectivity index (χ2n) is 10.6. The van der Waals surface area contributed by atoms with Crippen LogP contribution in [-0.4, -0.2) is 60.8 Å². The van der Waals surface area contributed by atoms with Gasteiger partial charge in [-0.25, -0.2) is 4.79 Å². The number of aromatic nitrogens is 2. The van der Waals surface area contributed by atoms with Gasteiger partial charge in [-0.2, -0.15) is 4.98 Å². The molecule has 1 fully saturated rings. The van der Waals surface area contributed by atoms with E-state index in [1.807, 2.05) is 85.8 Å². The SMILES string of the molecule is COc1ccc(C(OC[C@H]2O[C@@H](n3cc(C)c(NCCN=[N+]=[N-])nc3=O)C[C@@H]2O)(c2ccccc2)c2ccc(OC)cc2)cc1. The van der Waals surface area contributed by atoms with E-state index in [9.17, 15) is 9.90 Å². The largest absolute Gasteiger partial charge is 0.497 e. The first-order valence-electron chi connectivity index (χ1n) is 14.6. The summed E-state index contributed by atoms with van der Waals surface area (Å²) in [7, 11) is 3.24. The summed E-state index contributed by atoms with van der Waals surface area (Å²) in [5, 5.41) is 17.6. The quantitative estimate of drug-likeness (QED) is 0.0707. The fourth-order valence-electron chi connectivity index (χ4n) is 5.54. The number of hydrogen-bond acceptors (Lipinski definition) is 9. The molecule has 0 spiro atoms. The molecule has 5 rings (SSSR count). The average molecular weight is 613 g/mol. The van der Waals surface area contributed by atoms with Gasteiger partial charge in [-0.05, 0) is 53.4 Å². The Labute approximate surface area is 260 Å². The highest BCUT2D eigenvalue weighted by Crippen LogP contribution is 2.42. The van der Waals surface area contributed by atoms with Crippen molar-refractivity contribution in [2.45, 2.75) is 37.4 Å². The van der Waals surface area contributed by atoms with Crippen molar-refractivity contribution in [2.75, 3.05) is 39.2 Å². The minimum absolute atomic E-state index is 0.0187. The fraction of sp³-hybridized carbons (Fsp3) is 0.333. The molecule has 12 nitrogen and oxygen atoms in total. The molecule has 0 aliphatic carbocycles. The summed E-state index contributed by atoms with van der Waals surface area (Å²) in [5.74, 6) is 1.81. The van der Waals surface area contributed by atoms with Crippen LogP contribution >= 0.6 is 0 Å². The van der Waals surface area contributed by atoms with Crippen molar-refractivity contribution in [3.8, 4) is 11.5 Å². The van der Waals surface area contributed by atoms with E-state index in [0.717, 1.165) is 16.7 Å². The summed E-state index contributed by atoms with van der Waals surface area (Å²) < 4.78 is 25.4. The third-order valence-corrected chi connectivity index (χ3v) is 7.85. The number of nitrogens with one attached hydrogen (secondary N) is 1. The number of methoxy groups -OCH3 is 2. The van der Waals surface area contributed by atoms with Gasteiger partial charge in [0.2, 0.25) is 0 Å². The molecule has 1 aliphatic heterocycles. The Hall–Kier alpha value is -4.87. The molecule has 0 radical (unpaired) electrons. The van der Waals surface area contributed by atoms with Crippen LogP contribution in [-0.2, 0) is 15.1 Å². The lowest BCUT2D eigenvalue weighted by atomic mass is 9.80. The van der Waals surface area contributed by atoms with Crippen molar-refractivity contribution in [1.29, 1.82) is 0 Å². The van der Waals surface area contributed by atoms with Crippen LogP contribution in [0.1, 0.15) is 34.9 Å². The third kappa shape index (κ3) is 6.79. The number of anilines is 1. The molecule has 12 heteroatoms. The topological polar surface area (TPSA) is 153 Å². The molecule has 1 saturated heterocycles. The van der Waals surface area contributed by atoms with E-state index in [2.05, 4.69) is 20.3 Å². The molecule has 1 aromatic heterocycles. The number of aliphatic hydroxyl groups is 1. The van der Waals surface area contributed by atoms with Crippen LogP contribution in [0.15, 0.2) is 95.0 Å². The zero-order valence-corrected chi connectivity index (χ0v) is 25.4. The minimum atomic E-state index is -1.08. The van der Waals surface area contributed by atoms with Gasteiger partial charge in [-0.1, -0.05) is 59.7 Å². The van der Waals surface area contributed by atoms with E-state index in [4.69, 9.17) is 24.5 Å². The third-order valence-electron chi connectivity index (χ3n) is 7.85. The summed E-state index contributed by atoms with van der Waals surface area (Å²) in [4.78, 5) is 19.8. The predicted octanol–water partition coefficient (Wildman–Crippen LogP) is 4.95. The van der Waals surface area contributed by atoms with Gasteiger partial charge in [0, 0.05) is 36.2 Å². The molecule has 0 unspecified atom stereocenters. The molecule has 45 heavy (non-hydrogen) atoms. The van der Waals surface area contributed by atoms with E-state index in [0.29, 0.717) is 29.4 Å². The van der Waals surface area contributed by atoms with Crippen LogP contribution < -0.4 is 20.5 Å². The molecule has 0 bridgehead atoms. The number of rotatable bonds is 13. The van der Waals surface area contributed by atoms with E-state index in [-0.39, 0.29) is 19.6 Å². The minimum Gasteiger partial charge on any atom is -0.497 e. The van der Waals surface area contributed by atoms with Crippen LogP contribution in [0.4, 0.5) is 5.82 Å². The van der Waals surface area contributed by atoms with E-state index in [1.165, 1.54) is 4.57 Å². The highest BCUT2D eigenvalue weighted by atomic mass is 16.6. The molecule has 1 aliphatic rings. The standard InChI is InChI=1S/C33H36N6O6/c1-22-20-39(32(41)37-31(22)35-17-18-36-38-34)30-19-28(40)29(45-30)21-44-33(23-7-5-4-6-8-23,24-9-13-26(42-2)14-10-24)25-11-15-27(43-3)16-12-25/h4-16,20,28-30,40H,17-19,21H2,1-3H3,(H,35,37,41)/t28-,29+,30+/m0/s1. The first-order chi connectivity index (χ1) is 21.9. The molecule has 4 aromatic rings. The number of azide groups is 1. The molecule has 3 aromatic carbocycles. The summed E-state index contributed by atoms with van der Waals surface area (Å²) in [5.41, 5.74) is 10.1. The maximum absolute atomic E-state index is 13.0. The van der Waals surface area contributed by atoms with Gasteiger partial charge in [0.05, 0.1) is 26.9 Å². The molecule has 0 saturated carbocycles. The molecule has 2 heterocycles. The molecular weight excluding hydrogens is 576 g/mol. The number of benzene rings is 3. The molecule has 0 amide bonds. The maximum Gasteiger partial charge on any atom is 0.351 e. The summed E-state index contributed by atoms with van der Waals surface area (Å²) in [6.45, 7) is 2.39. The van der Waals surface area contributed by atoms with Crippen molar-refractivity contribution in [3.05, 3.63) is 128 Å². The molecule has 2 N–H and O–H groups in total. The van der Waals surface area contributed by atoms with Gasteiger partial charge in [-0.15, -0.1) is 0 Å². The van der Waals surface area contributed by atoms with E-state index in [1.54, 1.807) is 20.4 Å². The maximum atomic E-state index is 13.0. The number of aliphatic hydroxyl groups excluding tert-OH is 1. The monoisotopic (exact) mass is 612 g/mol. The van der Waals surface area contributed by atoms with E-state index < -0.39 is 29.7 Å². The Balaban J connectivity index is 1.45. The van der Waals surface area contributed by atoms with Gasteiger partial charge < -0.3 is 29.4 Å². The normalized spacial score (nSPS) is 17.8. The van der Waals surface area contributed by atoms with Crippen LogP contribution in [0.3, 0.4) is 0 Å². The summed E-state index contributed by atoms with van der Waals surface area (Å²) in [6, 6.07) is 25.2. The Morgan fingerprint density at radius 2 is 1.62 bits per heavy atom. The van der Waals surface area contributed by atoms with Gasteiger partial charge in [0.1, 0.15) is 35.2 Å². The Kier molecular flexibility index (Phi) is 10.0. The first-order valence-corrected chi connectivity index (χ1v) is 14.6. The average Bonchev–Trinajstić information content (AvgIpc) is 3.45.